The highest BCUT2D eigenvalue weighted by Crippen LogP contribution is 2.23. The van der Waals surface area contributed by atoms with Crippen LogP contribution < -0.4 is 5.32 Å². The molecule has 0 amide bonds. The summed E-state index contributed by atoms with van der Waals surface area (Å²) in [5.41, 5.74) is 3.60. The Morgan fingerprint density at radius 3 is 2.68 bits per heavy atom. The van der Waals surface area contributed by atoms with Crippen molar-refractivity contribution in [1.29, 1.82) is 0 Å². The Morgan fingerprint density at radius 2 is 1.84 bits per heavy atom. The second-order valence-electron chi connectivity index (χ2n) is 5.46. The molecule has 0 atom stereocenters. The van der Waals surface area contributed by atoms with Gasteiger partial charge in [0.05, 0.1) is 11.9 Å². The van der Waals surface area contributed by atoms with Crippen molar-refractivity contribution in [2.75, 3.05) is 5.32 Å². The molecule has 3 aromatic heterocycles. The van der Waals surface area contributed by atoms with E-state index in [1.54, 1.807) is 35.2 Å². The van der Waals surface area contributed by atoms with Crippen molar-refractivity contribution >= 4 is 34.7 Å². The van der Waals surface area contributed by atoms with Crippen molar-refractivity contribution in [1.82, 2.24) is 19.6 Å². The highest BCUT2D eigenvalue weighted by molar-refractivity contribution is 6.33. The van der Waals surface area contributed by atoms with Gasteiger partial charge in [-0.05, 0) is 48.0 Å². The minimum absolute atomic E-state index is 0.525. The molecular formula is C18H13Cl2N5. The number of fused-ring (bicyclic) bond motifs is 1. The summed E-state index contributed by atoms with van der Waals surface area (Å²) in [6.45, 7) is 0.525. The third kappa shape index (κ3) is 3.29. The predicted molar refractivity (Wildman–Crippen MR) is 100 cm³/mol. The van der Waals surface area contributed by atoms with Crippen molar-refractivity contribution in [3.05, 3.63) is 76.7 Å². The lowest BCUT2D eigenvalue weighted by atomic mass is 10.2. The molecule has 0 aliphatic rings. The fourth-order valence-electron chi connectivity index (χ4n) is 2.55. The summed E-state index contributed by atoms with van der Waals surface area (Å²) in [6.07, 6.45) is 5.30. The fourth-order valence-corrected chi connectivity index (χ4v) is 2.93. The highest BCUT2D eigenvalue weighted by Gasteiger charge is 2.08. The van der Waals surface area contributed by atoms with Crippen LogP contribution in [0.2, 0.25) is 10.0 Å². The summed E-state index contributed by atoms with van der Waals surface area (Å²) in [7, 11) is 0. The van der Waals surface area contributed by atoms with E-state index in [0.717, 1.165) is 28.3 Å². The number of nitrogens with zero attached hydrogens (tertiary/aromatic N) is 4. The quantitative estimate of drug-likeness (QED) is 0.565. The standard InChI is InChI=1S/C18H13Cl2N5/c19-14-1-2-15(20)13(9-14)10-22-17-3-4-18-23-11-16(25(18)24-17)12-5-7-21-8-6-12/h1-9,11H,10H2,(H,22,24). The summed E-state index contributed by atoms with van der Waals surface area (Å²) >= 11 is 12.2. The van der Waals surface area contributed by atoms with E-state index in [9.17, 15) is 0 Å². The number of hydrogen-bond acceptors (Lipinski definition) is 4. The van der Waals surface area contributed by atoms with Crippen molar-refractivity contribution in [2.24, 2.45) is 0 Å². The van der Waals surface area contributed by atoms with Crippen LogP contribution in [-0.2, 0) is 6.54 Å². The van der Waals surface area contributed by atoms with E-state index < -0.39 is 0 Å². The highest BCUT2D eigenvalue weighted by atomic mass is 35.5. The molecule has 3 heterocycles. The van der Waals surface area contributed by atoms with Gasteiger partial charge in [0.25, 0.3) is 0 Å². The van der Waals surface area contributed by atoms with E-state index in [1.807, 2.05) is 30.3 Å². The molecule has 0 fully saturated rings. The number of pyridine rings is 1. The van der Waals surface area contributed by atoms with Crippen molar-refractivity contribution in [3.8, 4) is 11.3 Å². The molecule has 1 aromatic carbocycles. The Morgan fingerprint density at radius 1 is 1.00 bits per heavy atom. The van der Waals surface area contributed by atoms with Crippen LogP contribution in [0.1, 0.15) is 5.56 Å². The molecule has 7 heteroatoms. The lowest BCUT2D eigenvalue weighted by Gasteiger charge is -2.09. The summed E-state index contributed by atoms with van der Waals surface area (Å²) in [4.78, 5) is 8.44. The van der Waals surface area contributed by atoms with E-state index in [4.69, 9.17) is 23.2 Å². The second-order valence-corrected chi connectivity index (χ2v) is 6.30. The van der Waals surface area contributed by atoms with Crippen molar-refractivity contribution < 1.29 is 0 Å². The first kappa shape index (κ1) is 15.9. The summed E-state index contributed by atoms with van der Waals surface area (Å²) in [5, 5.41) is 9.22. The molecule has 0 saturated heterocycles. The molecule has 25 heavy (non-hydrogen) atoms. The molecule has 0 aliphatic heterocycles. The van der Waals surface area contributed by atoms with E-state index in [0.29, 0.717) is 16.6 Å². The van der Waals surface area contributed by atoms with Crippen LogP contribution in [0.25, 0.3) is 16.9 Å². The first-order valence-corrected chi connectivity index (χ1v) is 8.39. The Labute approximate surface area is 154 Å². The number of hydrogen-bond donors (Lipinski definition) is 1. The monoisotopic (exact) mass is 369 g/mol. The van der Waals surface area contributed by atoms with Crippen LogP contribution in [0, 0.1) is 0 Å². The number of rotatable bonds is 4. The molecule has 1 N–H and O–H groups in total. The lowest BCUT2D eigenvalue weighted by Crippen LogP contribution is -2.05. The van der Waals surface area contributed by atoms with Gasteiger partial charge in [-0.1, -0.05) is 23.2 Å². The van der Waals surface area contributed by atoms with Gasteiger partial charge < -0.3 is 5.32 Å². The number of nitrogens with one attached hydrogen (secondary N) is 1. The third-order valence-corrected chi connectivity index (χ3v) is 4.41. The SMILES string of the molecule is Clc1ccc(Cl)c(CNc2ccc3ncc(-c4ccncc4)n3n2)c1. The number of anilines is 1. The van der Waals surface area contributed by atoms with Gasteiger partial charge in [0.1, 0.15) is 5.82 Å². The van der Waals surface area contributed by atoms with Gasteiger partial charge in [0.15, 0.2) is 5.65 Å². The smallest absolute Gasteiger partial charge is 0.154 e. The molecule has 0 spiro atoms. The van der Waals surface area contributed by atoms with E-state index >= 15 is 0 Å². The average molecular weight is 370 g/mol. The largest absolute Gasteiger partial charge is 0.364 e. The van der Waals surface area contributed by atoms with Crippen LogP contribution in [0.5, 0.6) is 0 Å². The normalized spacial score (nSPS) is 11.0. The van der Waals surface area contributed by atoms with Crippen LogP contribution in [0.3, 0.4) is 0 Å². The van der Waals surface area contributed by atoms with E-state index in [1.165, 1.54) is 0 Å². The first-order valence-electron chi connectivity index (χ1n) is 7.64. The van der Waals surface area contributed by atoms with Gasteiger partial charge in [-0.25, -0.2) is 9.50 Å². The van der Waals surface area contributed by atoms with Crippen LogP contribution >= 0.6 is 23.2 Å². The summed E-state index contributed by atoms with van der Waals surface area (Å²) in [5.74, 6) is 0.719. The van der Waals surface area contributed by atoms with Crippen molar-refractivity contribution in [3.63, 3.8) is 0 Å². The van der Waals surface area contributed by atoms with E-state index in [-0.39, 0.29) is 0 Å². The zero-order chi connectivity index (χ0) is 17.2. The number of imidazole rings is 1. The van der Waals surface area contributed by atoms with Gasteiger partial charge in [-0.15, -0.1) is 5.10 Å². The molecular weight excluding hydrogens is 357 g/mol. The maximum Gasteiger partial charge on any atom is 0.154 e. The third-order valence-electron chi connectivity index (χ3n) is 3.81. The zero-order valence-electron chi connectivity index (χ0n) is 13.0. The maximum atomic E-state index is 6.21. The summed E-state index contributed by atoms with van der Waals surface area (Å²) in [6, 6.07) is 13.1. The van der Waals surface area contributed by atoms with Crippen LogP contribution in [-0.4, -0.2) is 19.6 Å². The van der Waals surface area contributed by atoms with Gasteiger partial charge in [0.2, 0.25) is 0 Å². The van der Waals surface area contributed by atoms with Crippen LogP contribution in [0.4, 0.5) is 5.82 Å². The fraction of sp³-hybridized carbons (Fsp3) is 0.0556. The second kappa shape index (κ2) is 6.70. The van der Waals surface area contributed by atoms with Gasteiger partial charge in [-0.3, -0.25) is 4.98 Å². The van der Waals surface area contributed by atoms with Gasteiger partial charge >= 0.3 is 0 Å². The first-order chi connectivity index (χ1) is 12.2. The number of benzene rings is 1. The zero-order valence-corrected chi connectivity index (χ0v) is 14.5. The van der Waals surface area contributed by atoms with Crippen LogP contribution in [0.15, 0.2) is 61.1 Å². The predicted octanol–water partition coefficient (Wildman–Crippen LogP) is 4.71. The van der Waals surface area contributed by atoms with Gasteiger partial charge in [-0.2, -0.15) is 0 Å². The molecule has 0 bridgehead atoms. The topological polar surface area (TPSA) is 55.1 Å². The van der Waals surface area contributed by atoms with E-state index in [2.05, 4.69) is 20.4 Å². The Bertz CT molecular complexity index is 1030. The lowest BCUT2D eigenvalue weighted by molar-refractivity contribution is 0.931. The molecule has 5 nitrogen and oxygen atoms in total. The average Bonchev–Trinajstić information content (AvgIpc) is 3.06. The number of halogens is 2. The molecule has 4 aromatic rings. The molecule has 0 aliphatic carbocycles. The van der Waals surface area contributed by atoms with Crippen molar-refractivity contribution in [2.45, 2.75) is 6.54 Å². The minimum Gasteiger partial charge on any atom is -0.364 e. The maximum absolute atomic E-state index is 6.21. The molecule has 124 valence electrons. The minimum atomic E-state index is 0.525. The molecule has 0 radical (unpaired) electrons. The Balaban J connectivity index is 1.64. The molecule has 0 unspecified atom stereocenters. The summed E-state index contributed by atoms with van der Waals surface area (Å²) < 4.78 is 1.80. The molecule has 4 rings (SSSR count). The number of aromatic nitrogens is 4. The Kier molecular flexibility index (Phi) is 4.26. The molecule has 0 saturated carbocycles. The Hall–Kier alpha value is -2.63. The van der Waals surface area contributed by atoms with Gasteiger partial charge in [0, 0.05) is 34.5 Å².